The molecule has 2 aromatic rings. The summed E-state index contributed by atoms with van der Waals surface area (Å²) in [4.78, 5) is 3.29. The Balaban J connectivity index is 2.59. The van der Waals surface area contributed by atoms with Crippen LogP contribution < -0.4 is 5.73 Å². The number of benzene rings is 1. The minimum atomic E-state index is -3.52. The fourth-order valence-electron chi connectivity index (χ4n) is 2.37. The summed E-state index contributed by atoms with van der Waals surface area (Å²) in [7, 11) is -3.52. The van der Waals surface area contributed by atoms with E-state index in [-0.39, 0.29) is 6.04 Å². The molecule has 0 aliphatic carbocycles. The van der Waals surface area contributed by atoms with Gasteiger partial charge in [0.2, 0.25) is 10.0 Å². The van der Waals surface area contributed by atoms with E-state index in [0.29, 0.717) is 22.5 Å². The van der Waals surface area contributed by atoms with Crippen LogP contribution in [0.4, 0.5) is 5.69 Å². The highest BCUT2D eigenvalue weighted by Crippen LogP contribution is 2.28. The lowest BCUT2D eigenvalue weighted by molar-refractivity contribution is 0.343. The topological polar surface area (TPSA) is 79.2 Å². The van der Waals surface area contributed by atoms with Crippen molar-refractivity contribution in [2.24, 2.45) is 0 Å². The molecule has 0 aliphatic rings. The number of sulfonamides is 1. The van der Waals surface area contributed by atoms with Crippen LogP contribution in [0.2, 0.25) is 0 Å². The summed E-state index contributed by atoms with van der Waals surface area (Å²) < 4.78 is 27.2. The molecular weight excluding hydrogens is 274 g/mol. The first kappa shape index (κ1) is 14.9. The van der Waals surface area contributed by atoms with Crippen LogP contribution >= 0.6 is 0 Å². The molecule has 6 heteroatoms. The van der Waals surface area contributed by atoms with E-state index in [2.05, 4.69) is 4.98 Å². The third kappa shape index (κ3) is 2.41. The SMILES string of the molecule is CCC(C)N(CC)S(=O)(=O)c1c[nH]c2ccc(N)cc12. The van der Waals surface area contributed by atoms with Crippen LogP contribution in [-0.4, -0.2) is 30.3 Å². The van der Waals surface area contributed by atoms with Gasteiger partial charge in [-0.25, -0.2) is 8.42 Å². The Bertz CT molecular complexity index is 706. The number of rotatable bonds is 5. The van der Waals surface area contributed by atoms with Crippen molar-refractivity contribution in [1.82, 2.24) is 9.29 Å². The van der Waals surface area contributed by atoms with Gasteiger partial charge < -0.3 is 10.7 Å². The van der Waals surface area contributed by atoms with Crippen LogP contribution in [0.5, 0.6) is 0 Å². The molecule has 1 aromatic carbocycles. The predicted molar refractivity (Wildman–Crippen MR) is 82.0 cm³/mol. The second-order valence-corrected chi connectivity index (χ2v) is 6.78. The largest absolute Gasteiger partial charge is 0.399 e. The molecule has 0 fully saturated rings. The lowest BCUT2D eigenvalue weighted by atomic mass is 10.2. The Morgan fingerprint density at radius 3 is 2.65 bits per heavy atom. The zero-order chi connectivity index (χ0) is 14.9. The first-order valence-electron chi connectivity index (χ1n) is 6.80. The average molecular weight is 295 g/mol. The Morgan fingerprint density at radius 2 is 2.05 bits per heavy atom. The van der Waals surface area contributed by atoms with Crippen molar-refractivity contribution in [2.75, 3.05) is 12.3 Å². The second-order valence-electron chi connectivity index (χ2n) is 4.92. The molecule has 0 saturated heterocycles. The molecule has 2 rings (SSSR count). The molecule has 0 saturated carbocycles. The molecule has 5 nitrogen and oxygen atoms in total. The average Bonchev–Trinajstić information content (AvgIpc) is 2.82. The van der Waals surface area contributed by atoms with Crippen molar-refractivity contribution in [3.8, 4) is 0 Å². The number of nitrogen functional groups attached to an aromatic ring is 1. The minimum absolute atomic E-state index is 0.0315. The van der Waals surface area contributed by atoms with E-state index in [1.807, 2.05) is 20.8 Å². The summed E-state index contributed by atoms with van der Waals surface area (Å²) in [6, 6.07) is 5.21. The van der Waals surface area contributed by atoms with E-state index in [0.717, 1.165) is 11.9 Å². The molecular formula is C14H21N3O2S. The number of hydrogen-bond acceptors (Lipinski definition) is 3. The molecule has 0 radical (unpaired) electrons. The van der Waals surface area contributed by atoms with Crippen molar-refractivity contribution >= 4 is 26.6 Å². The Labute approximate surface area is 119 Å². The van der Waals surface area contributed by atoms with Gasteiger partial charge in [-0.15, -0.1) is 0 Å². The summed E-state index contributed by atoms with van der Waals surface area (Å²) in [5.41, 5.74) is 7.10. The second kappa shape index (κ2) is 5.46. The number of hydrogen-bond donors (Lipinski definition) is 2. The van der Waals surface area contributed by atoms with Crippen molar-refractivity contribution in [2.45, 2.75) is 38.1 Å². The molecule has 1 unspecified atom stereocenters. The van der Waals surface area contributed by atoms with E-state index in [1.165, 1.54) is 4.31 Å². The molecule has 1 aromatic heterocycles. The smallest absolute Gasteiger partial charge is 0.245 e. The van der Waals surface area contributed by atoms with Gasteiger partial charge in [0.05, 0.1) is 0 Å². The number of fused-ring (bicyclic) bond motifs is 1. The van der Waals surface area contributed by atoms with Gasteiger partial charge in [-0.05, 0) is 31.5 Å². The Hall–Kier alpha value is -1.53. The number of nitrogens with two attached hydrogens (primary N) is 1. The molecule has 0 amide bonds. The Kier molecular flexibility index (Phi) is 4.06. The predicted octanol–water partition coefficient (Wildman–Crippen LogP) is 2.56. The minimum Gasteiger partial charge on any atom is -0.399 e. The Morgan fingerprint density at radius 1 is 1.35 bits per heavy atom. The number of aromatic amines is 1. The monoisotopic (exact) mass is 295 g/mol. The van der Waals surface area contributed by atoms with E-state index in [4.69, 9.17) is 5.73 Å². The maximum Gasteiger partial charge on any atom is 0.245 e. The summed E-state index contributed by atoms with van der Waals surface area (Å²) in [6.45, 7) is 6.21. The van der Waals surface area contributed by atoms with Gasteiger partial charge in [-0.2, -0.15) is 4.31 Å². The normalized spacial score (nSPS) is 14.0. The van der Waals surface area contributed by atoms with E-state index in [1.54, 1.807) is 24.4 Å². The zero-order valence-electron chi connectivity index (χ0n) is 12.1. The van der Waals surface area contributed by atoms with Crippen LogP contribution in [0.1, 0.15) is 27.2 Å². The molecule has 3 N–H and O–H groups in total. The summed E-state index contributed by atoms with van der Waals surface area (Å²) in [5.74, 6) is 0. The molecule has 110 valence electrons. The summed E-state index contributed by atoms with van der Waals surface area (Å²) in [5, 5.41) is 0.645. The number of anilines is 1. The summed E-state index contributed by atoms with van der Waals surface area (Å²) >= 11 is 0. The quantitative estimate of drug-likeness (QED) is 0.832. The number of nitrogens with zero attached hydrogens (tertiary/aromatic N) is 1. The number of H-pyrrole nitrogens is 1. The first-order valence-corrected chi connectivity index (χ1v) is 8.24. The van der Waals surface area contributed by atoms with Gasteiger partial charge >= 0.3 is 0 Å². The third-order valence-electron chi connectivity index (χ3n) is 3.65. The molecule has 0 spiro atoms. The fourth-order valence-corrected chi connectivity index (χ4v) is 4.24. The maximum atomic E-state index is 12.8. The van der Waals surface area contributed by atoms with Crippen LogP contribution in [0.15, 0.2) is 29.3 Å². The van der Waals surface area contributed by atoms with Crippen molar-refractivity contribution in [1.29, 1.82) is 0 Å². The standard InChI is InChI=1S/C14H21N3O2S/c1-4-10(3)17(5-2)20(18,19)14-9-16-13-7-6-11(15)8-12(13)14/h6-10,16H,4-5,15H2,1-3H3. The summed E-state index contributed by atoms with van der Waals surface area (Å²) in [6.07, 6.45) is 2.32. The van der Waals surface area contributed by atoms with Crippen molar-refractivity contribution in [3.63, 3.8) is 0 Å². The lowest BCUT2D eigenvalue weighted by Crippen LogP contribution is -2.37. The first-order chi connectivity index (χ1) is 9.41. The van der Waals surface area contributed by atoms with Gasteiger partial charge in [0, 0.05) is 35.4 Å². The lowest BCUT2D eigenvalue weighted by Gasteiger charge is -2.26. The molecule has 20 heavy (non-hydrogen) atoms. The van der Waals surface area contributed by atoms with E-state index >= 15 is 0 Å². The van der Waals surface area contributed by atoms with Gasteiger partial charge in [0.25, 0.3) is 0 Å². The molecule has 0 bridgehead atoms. The van der Waals surface area contributed by atoms with Crippen LogP contribution in [0.25, 0.3) is 10.9 Å². The highest BCUT2D eigenvalue weighted by atomic mass is 32.2. The van der Waals surface area contributed by atoms with E-state index < -0.39 is 10.0 Å². The van der Waals surface area contributed by atoms with Crippen LogP contribution in [0, 0.1) is 0 Å². The van der Waals surface area contributed by atoms with Crippen LogP contribution in [-0.2, 0) is 10.0 Å². The maximum absolute atomic E-state index is 12.8. The molecule has 0 aliphatic heterocycles. The molecule has 1 atom stereocenters. The highest BCUT2D eigenvalue weighted by molar-refractivity contribution is 7.89. The van der Waals surface area contributed by atoms with Gasteiger partial charge in [-0.1, -0.05) is 13.8 Å². The zero-order valence-corrected chi connectivity index (χ0v) is 12.9. The highest BCUT2D eigenvalue weighted by Gasteiger charge is 2.29. The third-order valence-corrected chi connectivity index (χ3v) is 5.78. The van der Waals surface area contributed by atoms with Gasteiger partial charge in [-0.3, -0.25) is 0 Å². The van der Waals surface area contributed by atoms with E-state index in [9.17, 15) is 8.42 Å². The van der Waals surface area contributed by atoms with Crippen LogP contribution in [0.3, 0.4) is 0 Å². The van der Waals surface area contributed by atoms with Gasteiger partial charge in [0.1, 0.15) is 4.90 Å². The fraction of sp³-hybridized carbons (Fsp3) is 0.429. The van der Waals surface area contributed by atoms with Crippen molar-refractivity contribution in [3.05, 3.63) is 24.4 Å². The number of aromatic nitrogens is 1. The molecule has 1 heterocycles. The van der Waals surface area contributed by atoms with Crippen molar-refractivity contribution < 1.29 is 8.42 Å². The number of nitrogens with one attached hydrogen (secondary N) is 1. The van der Waals surface area contributed by atoms with Gasteiger partial charge in [0.15, 0.2) is 0 Å².